The van der Waals surface area contributed by atoms with Crippen molar-refractivity contribution in [1.82, 2.24) is 4.90 Å². The van der Waals surface area contributed by atoms with Gasteiger partial charge >= 0.3 is 0 Å². The molecule has 1 rings (SSSR count). The van der Waals surface area contributed by atoms with Crippen LogP contribution in [0.1, 0.15) is 26.7 Å². The Hall–Kier alpha value is -0.510. The second-order valence-corrected chi connectivity index (χ2v) is 4.21. The first kappa shape index (κ1) is 8.59. The standard InChI is InChI=1S/C7H11NO2S/c1-7(2,11)8-5(9)3-4-6(8)10/h11H,3-4H2,1-2H3. The van der Waals surface area contributed by atoms with Gasteiger partial charge < -0.3 is 0 Å². The maximum Gasteiger partial charge on any atom is 0.230 e. The third-order valence-corrected chi connectivity index (χ3v) is 1.80. The van der Waals surface area contributed by atoms with E-state index in [0.29, 0.717) is 12.8 Å². The molecular formula is C7H11NO2S. The smallest absolute Gasteiger partial charge is 0.230 e. The molecular weight excluding hydrogens is 162 g/mol. The Morgan fingerprint density at radius 3 is 1.82 bits per heavy atom. The van der Waals surface area contributed by atoms with E-state index < -0.39 is 4.87 Å². The van der Waals surface area contributed by atoms with Gasteiger partial charge in [-0.15, -0.1) is 0 Å². The lowest BCUT2D eigenvalue weighted by Gasteiger charge is -2.28. The number of imide groups is 1. The highest BCUT2D eigenvalue weighted by Gasteiger charge is 2.37. The summed E-state index contributed by atoms with van der Waals surface area (Å²) in [6.45, 7) is 3.47. The van der Waals surface area contributed by atoms with Crippen LogP contribution in [-0.4, -0.2) is 21.6 Å². The van der Waals surface area contributed by atoms with Crippen LogP contribution in [0, 0.1) is 0 Å². The van der Waals surface area contributed by atoms with Crippen LogP contribution in [-0.2, 0) is 9.59 Å². The van der Waals surface area contributed by atoms with Gasteiger partial charge in [-0.25, -0.2) is 0 Å². The van der Waals surface area contributed by atoms with Gasteiger partial charge in [0.15, 0.2) is 0 Å². The van der Waals surface area contributed by atoms with Crippen molar-refractivity contribution in [2.75, 3.05) is 0 Å². The molecule has 62 valence electrons. The molecule has 0 aromatic rings. The molecule has 0 unspecified atom stereocenters. The van der Waals surface area contributed by atoms with E-state index in [0.717, 1.165) is 0 Å². The molecule has 0 N–H and O–H groups in total. The molecule has 0 aromatic heterocycles. The Morgan fingerprint density at radius 2 is 1.64 bits per heavy atom. The largest absolute Gasteiger partial charge is 0.274 e. The lowest BCUT2D eigenvalue weighted by Crippen LogP contribution is -2.43. The number of nitrogens with zero attached hydrogens (tertiary/aromatic N) is 1. The van der Waals surface area contributed by atoms with E-state index in [2.05, 4.69) is 12.6 Å². The molecule has 1 aliphatic rings. The Morgan fingerprint density at radius 1 is 1.27 bits per heavy atom. The van der Waals surface area contributed by atoms with Crippen molar-refractivity contribution in [2.24, 2.45) is 0 Å². The number of rotatable bonds is 1. The number of thiol groups is 1. The molecule has 0 spiro atoms. The maximum absolute atomic E-state index is 11.1. The fourth-order valence-corrected chi connectivity index (χ4v) is 1.41. The number of carbonyl (C=O) groups is 2. The zero-order valence-electron chi connectivity index (χ0n) is 6.63. The zero-order chi connectivity index (χ0) is 8.65. The molecule has 0 aromatic carbocycles. The molecule has 11 heavy (non-hydrogen) atoms. The minimum Gasteiger partial charge on any atom is -0.274 e. The van der Waals surface area contributed by atoms with Crippen LogP contribution < -0.4 is 0 Å². The van der Waals surface area contributed by atoms with Crippen LogP contribution in [0.3, 0.4) is 0 Å². The van der Waals surface area contributed by atoms with Crippen molar-refractivity contribution in [3.8, 4) is 0 Å². The van der Waals surface area contributed by atoms with Crippen molar-refractivity contribution in [2.45, 2.75) is 31.6 Å². The second-order valence-electron chi connectivity index (χ2n) is 3.12. The minimum absolute atomic E-state index is 0.116. The molecule has 4 heteroatoms. The van der Waals surface area contributed by atoms with E-state index in [4.69, 9.17) is 0 Å². The Balaban J connectivity index is 2.85. The molecule has 1 fully saturated rings. The summed E-state index contributed by atoms with van der Waals surface area (Å²) in [7, 11) is 0. The Kier molecular flexibility index (Phi) is 1.96. The maximum atomic E-state index is 11.1. The monoisotopic (exact) mass is 173 g/mol. The molecule has 1 saturated heterocycles. The number of likely N-dealkylation sites (tertiary alicyclic amines) is 1. The van der Waals surface area contributed by atoms with Gasteiger partial charge in [0.05, 0.1) is 4.87 Å². The van der Waals surface area contributed by atoms with Crippen molar-refractivity contribution >= 4 is 24.4 Å². The average Bonchev–Trinajstić information content (AvgIpc) is 2.08. The fourth-order valence-electron chi connectivity index (χ4n) is 1.19. The van der Waals surface area contributed by atoms with E-state index in [1.165, 1.54) is 4.90 Å². The topological polar surface area (TPSA) is 37.4 Å². The van der Waals surface area contributed by atoms with E-state index in [-0.39, 0.29) is 11.8 Å². The van der Waals surface area contributed by atoms with E-state index in [9.17, 15) is 9.59 Å². The number of carbonyl (C=O) groups excluding carboxylic acids is 2. The predicted octanol–water partition coefficient (Wildman–Crippen LogP) is 0.801. The molecule has 0 radical (unpaired) electrons. The molecule has 0 aliphatic carbocycles. The van der Waals surface area contributed by atoms with Crippen LogP contribution in [0.25, 0.3) is 0 Å². The van der Waals surface area contributed by atoms with Crippen LogP contribution in [0.2, 0.25) is 0 Å². The van der Waals surface area contributed by atoms with E-state index in [1.54, 1.807) is 13.8 Å². The van der Waals surface area contributed by atoms with Crippen molar-refractivity contribution in [3.63, 3.8) is 0 Å². The average molecular weight is 173 g/mol. The quantitative estimate of drug-likeness (QED) is 0.470. The predicted molar refractivity (Wildman–Crippen MR) is 44.2 cm³/mol. The molecule has 2 amide bonds. The third-order valence-electron chi connectivity index (χ3n) is 1.60. The molecule has 0 saturated carbocycles. The SMILES string of the molecule is CC(C)(S)N1C(=O)CCC1=O. The second kappa shape index (κ2) is 2.52. The van der Waals surface area contributed by atoms with Gasteiger partial charge in [0.2, 0.25) is 11.8 Å². The summed E-state index contributed by atoms with van der Waals surface area (Å²) in [5, 5.41) is 0. The van der Waals surface area contributed by atoms with Crippen LogP contribution in [0.15, 0.2) is 0 Å². The summed E-state index contributed by atoms with van der Waals surface area (Å²) < 4.78 is 0. The number of hydrogen-bond donors (Lipinski definition) is 1. The van der Waals surface area contributed by atoms with Gasteiger partial charge in [0.1, 0.15) is 0 Å². The highest BCUT2D eigenvalue weighted by atomic mass is 32.1. The molecule has 0 atom stereocenters. The van der Waals surface area contributed by atoms with Gasteiger partial charge in [-0.1, -0.05) is 0 Å². The summed E-state index contributed by atoms with van der Waals surface area (Å²) in [5.41, 5.74) is 0. The molecule has 0 bridgehead atoms. The van der Waals surface area contributed by atoms with Crippen LogP contribution in [0.5, 0.6) is 0 Å². The fraction of sp³-hybridized carbons (Fsp3) is 0.714. The molecule has 1 aliphatic heterocycles. The Bertz CT molecular complexity index is 191. The minimum atomic E-state index is -0.648. The van der Waals surface area contributed by atoms with Crippen LogP contribution in [0.4, 0.5) is 0 Å². The highest BCUT2D eigenvalue weighted by Crippen LogP contribution is 2.25. The van der Waals surface area contributed by atoms with Crippen molar-refractivity contribution in [3.05, 3.63) is 0 Å². The molecule has 3 nitrogen and oxygen atoms in total. The summed E-state index contributed by atoms with van der Waals surface area (Å²) in [4.78, 5) is 22.7. The van der Waals surface area contributed by atoms with Gasteiger partial charge in [0.25, 0.3) is 0 Å². The lowest BCUT2D eigenvalue weighted by molar-refractivity contribution is -0.141. The first-order valence-electron chi connectivity index (χ1n) is 3.51. The van der Waals surface area contributed by atoms with Gasteiger partial charge in [-0.3, -0.25) is 14.5 Å². The summed E-state index contributed by atoms with van der Waals surface area (Å²) in [6.07, 6.45) is 0.672. The van der Waals surface area contributed by atoms with Crippen LogP contribution >= 0.6 is 12.6 Å². The number of amides is 2. The normalized spacial score (nSPS) is 19.7. The van der Waals surface area contributed by atoms with Crippen molar-refractivity contribution < 1.29 is 9.59 Å². The van der Waals surface area contributed by atoms with E-state index in [1.807, 2.05) is 0 Å². The Labute approximate surface area is 71.2 Å². The summed E-state index contributed by atoms with van der Waals surface area (Å²) in [6, 6.07) is 0. The highest BCUT2D eigenvalue weighted by molar-refractivity contribution is 7.81. The first-order chi connectivity index (χ1) is 4.93. The first-order valence-corrected chi connectivity index (χ1v) is 3.96. The molecule has 1 heterocycles. The lowest BCUT2D eigenvalue weighted by atomic mass is 10.3. The van der Waals surface area contributed by atoms with E-state index >= 15 is 0 Å². The van der Waals surface area contributed by atoms with Gasteiger partial charge in [-0.05, 0) is 13.8 Å². The number of hydrogen-bond acceptors (Lipinski definition) is 3. The zero-order valence-corrected chi connectivity index (χ0v) is 7.52. The third kappa shape index (κ3) is 1.56. The summed E-state index contributed by atoms with van der Waals surface area (Å²) >= 11 is 4.15. The summed E-state index contributed by atoms with van der Waals surface area (Å²) in [5.74, 6) is -0.231. The van der Waals surface area contributed by atoms with Gasteiger partial charge in [0, 0.05) is 12.8 Å². The van der Waals surface area contributed by atoms with Gasteiger partial charge in [-0.2, -0.15) is 12.6 Å². The van der Waals surface area contributed by atoms with Crippen molar-refractivity contribution in [1.29, 1.82) is 0 Å².